The number of anilines is 1. The molecule has 0 aliphatic carbocycles. The van der Waals surface area contributed by atoms with E-state index >= 15 is 0 Å². The zero-order valence-electron chi connectivity index (χ0n) is 12.7. The molecule has 0 amide bonds. The largest absolute Gasteiger partial charge is 0.496 e. The van der Waals surface area contributed by atoms with Gasteiger partial charge in [0.25, 0.3) is 0 Å². The molecular weight excluding hydrogens is 272 g/mol. The average Bonchev–Trinajstić information content (AvgIpc) is 2.39. The lowest BCUT2D eigenvalue weighted by molar-refractivity contribution is 0.420. The number of nitrogens with one attached hydrogen (secondary N) is 1. The molecule has 1 heterocycles. The van der Waals surface area contributed by atoms with Crippen LogP contribution in [0, 0.1) is 6.92 Å². The van der Waals surface area contributed by atoms with Crippen LogP contribution < -0.4 is 10.1 Å². The Balaban J connectivity index is 2.95. The van der Waals surface area contributed by atoms with E-state index in [1.54, 1.807) is 7.11 Å². The average molecular weight is 293 g/mol. The Labute approximate surface area is 125 Å². The van der Waals surface area contributed by atoms with Crippen LogP contribution in [0.2, 0.25) is 5.02 Å². The molecule has 2 aromatic rings. The van der Waals surface area contributed by atoms with Gasteiger partial charge in [-0.25, -0.2) is 0 Å². The molecule has 0 spiro atoms. The number of halogens is 1. The minimum Gasteiger partial charge on any atom is -0.496 e. The molecule has 2 rings (SSSR count). The highest BCUT2D eigenvalue weighted by Gasteiger charge is 2.19. The molecule has 4 heteroatoms. The SMILES string of the molecule is CCNc1c(C(C)C)c(C)nc2c(Cl)ccc(OC)c12. The Hall–Kier alpha value is -1.48. The monoisotopic (exact) mass is 292 g/mol. The summed E-state index contributed by atoms with van der Waals surface area (Å²) in [5.41, 5.74) is 4.12. The maximum atomic E-state index is 6.32. The summed E-state index contributed by atoms with van der Waals surface area (Å²) in [5, 5.41) is 5.08. The fraction of sp³-hybridized carbons (Fsp3) is 0.438. The molecule has 0 saturated heterocycles. The van der Waals surface area contributed by atoms with Crippen LogP contribution in [-0.4, -0.2) is 18.6 Å². The number of rotatable bonds is 4. The lowest BCUT2D eigenvalue weighted by atomic mass is 9.96. The van der Waals surface area contributed by atoms with Crippen molar-refractivity contribution >= 4 is 28.2 Å². The van der Waals surface area contributed by atoms with E-state index in [2.05, 4.69) is 26.1 Å². The van der Waals surface area contributed by atoms with Crippen molar-refractivity contribution in [2.45, 2.75) is 33.6 Å². The molecule has 1 aromatic carbocycles. The molecule has 0 radical (unpaired) electrons. The van der Waals surface area contributed by atoms with E-state index in [4.69, 9.17) is 21.3 Å². The number of pyridine rings is 1. The number of ether oxygens (including phenoxy) is 1. The van der Waals surface area contributed by atoms with E-state index in [1.807, 2.05) is 19.1 Å². The van der Waals surface area contributed by atoms with Crippen molar-refractivity contribution in [2.75, 3.05) is 19.0 Å². The van der Waals surface area contributed by atoms with Gasteiger partial charge in [-0.3, -0.25) is 4.98 Å². The van der Waals surface area contributed by atoms with Crippen molar-refractivity contribution in [3.8, 4) is 5.75 Å². The van der Waals surface area contributed by atoms with Crippen molar-refractivity contribution in [2.24, 2.45) is 0 Å². The third-order valence-electron chi connectivity index (χ3n) is 3.43. The first-order valence-electron chi connectivity index (χ1n) is 6.91. The minimum atomic E-state index is 0.379. The summed E-state index contributed by atoms with van der Waals surface area (Å²) in [6.45, 7) is 9.31. The second-order valence-corrected chi connectivity index (χ2v) is 5.55. The summed E-state index contributed by atoms with van der Waals surface area (Å²) in [6.07, 6.45) is 0. The van der Waals surface area contributed by atoms with Crippen LogP contribution in [0.1, 0.15) is 37.9 Å². The summed E-state index contributed by atoms with van der Waals surface area (Å²) in [7, 11) is 1.67. The molecule has 0 bridgehead atoms. The summed E-state index contributed by atoms with van der Waals surface area (Å²) in [5.74, 6) is 1.18. The number of aryl methyl sites for hydroxylation is 1. The van der Waals surface area contributed by atoms with Gasteiger partial charge in [0.05, 0.1) is 28.7 Å². The van der Waals surface area contributed by atoms with Gasteiger partial charge < -0.3 is 10.1 Å². The van der Waals surface area contributed by atoms with Gasteiger partial charge in [0.2, 0.25) is 0 Å². The smallest absolute Gasteiger partial charge is 0.130 e. The highest BCUT2D eigenvalue weighted by Crippen LogP contribution is 2.40. The van der Waals surface area contributed by atoms with E-state index in [0.717, 1.165) is 34.6 Å². The van der Waals surface area contributed by atoms with Crippen molar-refractivity contribution in [1.29, 1.82) is 0 Å². The van der Waals surface area contributed by atoms with Gasteiger partial charge in [0, 0.05) is 12.2 Å². The van der Waals surface area contributed by atoms with E-state index in [1.165, 1.54) is 5.56 Å². The molecule has 1 aromatic heterocycles. The van der Waals surface area contributed by atoms with Gasteiger partial charge in [-0.2, -0.15) is 0 Å². The Kier molecular flexibility index (Phi) is 4.39. The number of nitrogens with zero attached hydrogens (tertiary/aromatic N) is 1. The van der Waals surface area contributed by atoms with Crippen LogP contribution >= 0.6 is 11.6 Å². The summed E-state index contributed by atoms with van der Waals surface area (Å²) in [6, 6.07) is 3.73. The summed E-state index contributed by atoms with van der Waals surface area (Å²) >= 11 is 6.32. The molecule has 3 nitrogen and oxygen atoms in total. The first-order valence-corrected chi connectivity index (χ1v) is 7.29. The number of aromatic nitrogens is 1. The van der Waals surface area contributed by atoms with Crippen molar-refractivity contribution in [3.63, 3.8) is 0 Å². The van der Waals surface area contributed by atoms with Crippen LogP contribution in [0.3, 0.4) is 0 Å². The van der Waals surface area contributed by atoms with Gasteiger partial charge >= 0.3 is 0 Å². The molecule has 0 unspecified atom stereocenters. The zero-order chi connectivity index (χ0) is 14.9. The van der Waals surface area contributed by atoms with Gasteiger partial charge in [-0.05, 0) is 37.5 Å². The first-order chi connectivity index (χ1) is 9.51. The summed E-state index contributed by atoms with van der Waals surface area (Å²) < 4.78 is 5.51. The number of methoxy groups -OCH3 is 1. The number of benzene rings is 1. The van der Waals surface area contributed by atoms with Gasteiger partial charge in [0.1, 0.15) is 5.75 Å². The lowest BCUT2D eigenvalue weighted by Gasteiger charge is -2.20. The quantitative estimate of drug-likeness (QED) is 0.882. The van der Waals surface area contributed by atoms with Crippen molar-refractivity contribution < 1.29 is 4.74 Å². The second-order valence-electron chi connectivity index (χ2n) is 5.14. The molecule has 108 valence electrons. The minimum absolute atomic E-state index is 0.379. The molecule has 0 aliphatic rings. The standard InChI is InChI=1S/C16H21ClN2O/c1-6-18-16-13(9(2)3)10(4)19-15-11(17)7-8-12(20-5)14(15)16/h7-9H,6H2,1-5H3,(H,18,19). The van der Waals surface area contributed by atoms with Crippen LogP contribution in [0.15, 0.2) is 12.1 Å². The van der Waals surface area contributed by atoms with Crippen LogP contribution in [-0.2, 0) is 0 Å². The maximum Gasteiger partial charge on any atom is 0.130 e. The third-order valence-corrected chi connectivity index (χ3v) is 3.73. The predicted octanol–water partition coefficient (Wildman–Crippen LogP) is 4.76. The van der Waals surface area contributed by atoms with Crippen molar-refractivity contribution in [3.05, 3.63) is 28.4 Å². The molecule has 0 fully saturated rings. The second kappa shape index (κ2) is 5.88. The summed E-state index contributed by atoms with van der Waals surface area (Å²) in [4.78, 5) is 4.70. The fourth-order valence-electron chi connectivity index (χ4n) is 2.68. The number of hydrogen-bond donors (Lipinski definition) is 1. The van der Waals surface area contributed by atoms with Gasteiger partial charge in [-0.15, -0.1) is 0 Å². The first kappa shape index (κ1) is 14.9. The number of fused-ring (bicyclic) bond motifs is 1. The van der Waals surface area contributed by atoms with E-state index in [0.29, 0.717) is 10.9 Å². The Bertz CT molecular complexity index is 638. The fourth-order valence-corrected chi connectivity index (χ4v) is 2.88. The lowest BCUT2D eigenvalue weighted by Crippen LogP contribution is -2.07. The van der Waals surface area contributed by atoms with Crippen LogP contribution in [0.5, 0.6) is 5.75 Å². The van der Waals surface area contributed by atoms with Gasteiger partial charge in [-0.1, -0.05) is 25.4 Å². The predicted molar refractivity (Wildman–Crippen MR) is 86.3 cm³/mol. The van der Waals surface area contributed by atoms with Crippen LogP contribution in [0.4, 0.5) is 5.69 Å². The highest BCUT2D eigenvalue weighted by molar-refractivity contribution is 6.35. The zero-order valence-corrected chi connectivity index (χ0v) is 13.4. The molecule has 20 heavy (non-hydrogen) atoms. The Morgan fingerprint density at radius 3 is 2.60 bits per heavy atom. The Morgan fingerprint density at radius 1 is 1.35 bits per heavy atom. The van der Waals surface area contributed by atoms with E-state index in [9.17, 15) is 0 Å². The molecule has 0 aliphatic heterocycles. The topological polar surface area (TPSA) is 34.2 Å². The Morgan fingerprint density at radius 2 is 2.05 bits per heavy atom. The molecule has 0 atom stereocenters. The maximum absolute atomic E-state index is 6.32. The van der Waals surface area contributed by atoms with Crippen LogP contribution in [0.25, 0.3) is 10.9 Å². The van der Waals surface area contributed by atoms with E-state index < -0.39 is 0 Å². The van der Waals surface area contributed by atoms with Crippen molar-refractivity contribution in [1.82, 2.24) is 4.98 Å². The molecule has 1 N–H and O–H groups in total. The molecular formula is C16H21ClN2O. The third kappa shape index (κ3) is 2.42. The number of hydrogen-bond acceptors (Lipinski definition) is 3. The highest BCUT2D eigenvalue weighted by atomic mass is 35.5. The van der Waals surface area contributed by atoms with E-state index in [-0.39, 0.29) is 0 Å². The van der Waals surface area contributed by atoms with Gasteiger partial charge in [0.15, 0.2) is 0 Å². The molecule has 0 saturated carbocycles. The normalized spacial score (nSPS) is 11.2.